The molecule has 2 aromatic carbocycles. The number of thiophene rings is 1. The van der Waals surface area contributed by atoms with E-state index < -0.39 is 28.4 Å². The summed E-state index contributed by atoms with van der Waals surface area (Å²) in [6, 6.07) is 13.5. The summed E-state index contributed by atoms with van der Waals surface area (Å²) in [6.45, 7) is -0.478. The molecule has 10 heteroatoms. The average Bonchev–Trinajstić information content (AvgIpc) is 3.33. The second kappa shape index (κ2) is 9.63. The highest BCUT2D eigenvalue weighted by Crippen LogP contribution is 2.25. The van der Waals surface area contributed by atoms with Crippen LogP contribution in [0.2, 0.25) is 0 Å². The quantitative estimate of drug-likeness (QED) is 0.383. The lowest BCUT2D eigenvalue weighted by molar-refractivity contribution is 0.0474. The van der Waals surface area contributed by atoms with Gasteiger partial charge >= 0.3 is 5.97 Å². The van der Waals surface area contributed by atoms with Gasteiger partial charge in [-0.3, -0.25) is 9.52 Å². The zero-order valence-electron chi connectivity index (χ0n) is 16.7. The molecular formula is C21H19NO7S2. The van der Waals surface area contributed by atoms with Crippen molar-refractivity contribution in [2.45, 2.75) is 4.21 Å². The number of ether oxygens (including phenoxy) is 3. The van der Waals surface area contributed by atoms with E-state index in [2.05, 4.69) is 4.72 Å². The van der Waals surface area contributed by atoms with Crippen LogP contribution in [0, 0.1) is 0 Å². The Labute approximate surface area is 183 Å². The highest BCUT2D eigenvalue weighted by Gasteiger charge is 2.18. The Hall–Kier alpha value is -3.37. The molecule has 1 aromatic heterocycles. The number of benzene rings is 2. The van der Waals surface area contributed by atoms with Crippen LogP contribution in [0.3, 0.4) is 0 Å². The lowest BCUT2D eigenvalue weighted by Crippen LogP contribution is -2.15. The van der Waals surface area contributed by atoms with E-state index in [9.17, 15) is 18.0 Å². The van der Waals surface area contributed by atoms with Crippen LogP contribution in [0.25, 0.3) is 0 Å². The van der Waals surface area contributed by atoms with Crippen LogP contribution >= 0.6 is 11.3 Å². The fraction of sp³-hybridized carbons (Fsp3) is 0.143. The highest BCUT2D eigenvalue weighted by atomic mass is 32.2. The van der Waals surface area contributed by atoms with Crippen molar-refractivity contribution in [1.82, 2.24) is 0 Å². The van der Waals surface area contributed by atoms with E-state index in [4.69, 9.17) is 14.2 Å². The number of nitrogens with one attached hydrogen (secondary N) is 1. The number of ketones is 1. The molecule has 0 unspecified atom stereocenters. The zero-order valence-corrected chi connectivity index (χ0v) is 18.3. The van der Waals surface area contributed by atoms with E-state index >= 15 is 0 Å². The van der Waals surface area contributed by atoms with Crippen LogP contribution in [0.15, 0.2) is 64.2 Å². The number of rotatable bonds is 9. The number of hydrogen-bond acceptors (Lipinski definition) is 8. The molecule has 0 fully saturated rings. The standard InChI is InChI=1S/C21H19NO7S2/c1-27-16-9-10-17(19(12-16)28-2)18(23)13-29-21(24)14-5-7-15(8-6-14)22-31(25,26)20-4-3-11-30-20/h3-12,22H,13H2,1-2H3. The smallest absolute Gasteiger partial charge is 0.338 e. The Kier molecular flexibility index (Phi) is 6.93. The molecule has 0 radical (unpaired) electrons. The maximum absolute atomic E-state index is 12.4. The van der Waals surface area contributed by atoms with Gasteiger partial charge in [-0.2, -0.15) is 0 Å². The maximum atomic E-state index is 12.4. The number of hydrogen-bond donors (Lipinski definition) is 1. The monoisotopic (exact) mass is 461 g/mol. The average molecular weight is 462 g/mol. The van der Waals surface area contributed by atoms with Gasteiger partial charge in [-0.15, -0.1) is 11.3 Å². The largest absolute Gasteiger partial charge is 0.497 e. The van der Waals surface area contributed by atoms with E-state index in [0.717, 1.165) is 11.3 Å². The molecule has 0 aliphatic rings. The van der Waals surface area contributed by atoms with Crippen molar-refractivity contribution in [1.29, 1.82) is 0 Å². The Morgan fingerprint density at radius 2 is 1.74 bits per heavy atom. The van der Waals surface area contributed by atoms with Crippen LogP contribution in [-0.2, 0) is 14.8 Å². The summed E-state index contributed by atoms with van der Waals surface area (Å²) < 4.78 is 42.5. The summed E-state index contributed by atoms with van der Waals surface area (Å²) in [4.78, 5) is 24.7. The first-order valence-corrected chi connectivity index (χ1v) is 11.3. The molecule has 0 aliphatic heterocycles. The van der Waals surface area contributed by atoms with E-state index in [1.54, 1.807) is 23.6 Å². The molecule has 0 spiro atoms. The number of Topliss-reactive ketones (excluding diaryl/α,β-unsaturated/α-hetero) is 1. The van der Waals surface area contributed by atoms with Crippen LogP contribution in [0.5, 0.6) is 11.5 Å². The number of sulfonamides is 1. The lowest BCUT2D eigenvalue weighted by atomic mass is 10.1. The molecule has 162 valence electrons. The van der Waals surface area contributed by atoms with Crippen LogP contribution in [-0.4, -0.2) is 41.0 Å². The van der Waals surface area contributed by atoms with Crippen molar-refractivity contribution in [3.63, 3.8) is 0 Å². The number of esters is 1. The van der Waals surface area contributed by atoms with E-state index in [-0.39, 0.29) is 15.3 Å². The maximum Gasteiger partial charge on any atom is 0.338 e. The fourth-order valence-corrected chi connectivity index (χ4v) is 4.67. The van der Waals surface area contributed by atoms with Crippen LogP contribution in [0.1, 0.15) is 20.7 Å². The first-order chi connectivity index (χ1) is 14.8. The van der Waals surface area contributed by atoms with Crippen molar-refractivity contribution in [2.75, 3.05) is 25.5 Å². The predicted octanol–water partition coefficient (Wildman–Crippen LogP) is 3.61. The van der Waals surface area contributed by atoms with Gasteiger partial charge in [0, 0.05) is 11.8 Å². The number of carbonyl (C=O) groups excluding carboxylic acids is 2. The Bertz CT molecular complexity index is 1170. The molecule has 0 aliphatic carbocycles. The van der Waals surface area contributed by atoms with Crippen LogP contribution in [0.4, 0.5) is 5.69 Å². The molecule has 3 aromatic rings. The van der Waals surface area contributed by atoms with Gasteiger partial charge < -0.3 is 14.2 Å². The van der Waals surface area contributed by atoms with Crippen molar-refractivity contribution in [3.05, 3.63) is 71.1 Å². The molecule has 0 bridgehead atoms. The SMILES string of the molecule is COc1ccc(C(=O)COC(=O)c2ccc(NS(=O)(=O)c3cccs3)cc2)c(OC)c1. The van der Waals surface area contributed by atoms with Gasteiger partial charge in [0.15, 0.2) is 6.61 Å². The number of carbonyl (C=O) groups is 2. The molecule has 3 rings (SSSR count). The summed E-state index contributed by atoms with van der Waals surface area (Å²) in [7, 11) is -0.761. The van der Waals surface area contributed by atoms with Crippen LogP contribution < -0.4 is 14.2 Å². The van der Waals surface area contributed by atoms with E-state index in [1.807, 2.05) is 0 Å². The molecule has 0 saturated heterocycles. The second-order valence-electron chi connectivity index (χ2n) is 6.18. The Morgan fingerprint density at radius 1 is 1.00 bits per heavy atom. The first kappa shape index (κ1) is 22.3. The van der Waals surface area contributed by atoms with Gasteiger partial charge in [-0.1, -0.05) is 6.07 Å². The fourth-order valence-electron chi connectivity index (χ4n) is 2.62. The first-order valence-electron chi connectivity index (χ1n) is 8.93. The predicted molar refractivity (Wildman–Crippen MR) is 116 cm³/mol. The van der Waals surface area contributed by atoms with Gasteiger partial charge in [0.1, 0.15) is 15.7 Å². The van der Waals surface area contributed by atoms with Crippen molar-refractivity contribution >= 4 is 38.8 Å². The summed E-state index contributed by atoms with van der Waals surface area (Å²) in [5, 5.41) is 1.66. The van der Waals surface area contributed by atoms with E-state index in [1.165, 1.54) is 50.6 Å². The molecule has 8 nitrogen and oxygen atoms in total. The molecule has 1 heterocycles. The van der Waals surface area contributed by atoms with Gasteiger partial charge in [0.05, 0.1) is 25.3 Å². The normalized spacial score (nSPS) is 10.9. The third-order valence-electron chi connectivity index (χ3n) is 4.18. The van der Waals surface area contributed by atoms with Gasteiger partial charge in [0.25, 0.3) is 10.0 Å². The third-order valence-corrected chi connectivity index (χ3v) is 6.95. The summed E-state index contributed by atoms with van der Waals surface area (Å²) >= 11 is 1.10. The van der Waals surface area contributed by atoms with Crippen molar-refractivity contribution in [2.24, 2.45) is 0 Å². The molecule has 0 amide bonds. The minimum absolute atomic E-state index is 0.175. The van der Waals surface area contributed by atoms with Crippen molar-refractivity contribution < 1.29 is 32.2 Å². The minimum atomic E-state index is -3.68. The molecule has 1 N–H and O–H groups in total. The second-order valence-corrected chi connectivity index (χ2v) is 9.04. The number of anilines is 1. The van der Waals surface area contributed by atoms with Gasteiger partial charge in [-0.25, -0.2) is 13.2 Å². The van der Waals surface area contributed by atoms with Gasteiger partial charge in [0.2, 0.25) is 5.78 Å². The molecule has 0 atom stereocenters. The Balaban J connectivity index is 1.62. The minimum Gasteiger partial charge on any atom is -0.497 e. The summed E-state index contributed by atoms with van der Waals surface area (Å²) in [5.41, 5.74) is 0.729. The third kappa shape index (κ3) is 5.41. The number of methoxy groups -OCH3 is 2. The summed E-state index contributed by atoms with van der Waals surface area (Å²) in [6.07, 6.45) is 0. The lowest BCUT2D eigenvalue weighted by Gasteiger charge is -2.10. The molecular weight excluding hydrogens is 442 g/mol. The van der Waals surface area contributed by atoms with Gasteiger partial charge in [-0.05, 0) is 47.8 Å². The van der Waals surface area contributed by atoms with Crippen molar-refractivity contribution in [3.8, 4) is 11.5 Å². The zero-order chi connectivity index (χ0) is 22.4. The Morgan fingerprint density at radius 3 is 2.35 bits per heavy atom. The highest BCUT2D eigenvalue weighted by molar-refractivity contribution is 7.94. The summed E-state index contributed by atoms with van der Waals surface area (Å²) in [5.74, 6) is -0.315. The molecule has 0 saturated carbocycles. The van der Waals surface area contributed by atoms with E-state index in [0.29, 0.717) is 17.2 Å². The topological polar surface area (TPSA) is 108 Å². The molecule has 31 heavy (non-hydrogen) atoms.